The van der Waals surface area contributed by atoms with Crippen LogP contribution in [0.5, 0.6) is 0 Å². The van der Waals surface area contributed by atoms with Gasteiger partial charge in [-0.25, -0.2) is 0 Å². The number of carbonyl (C=O) groups is 1. The maximum atomic E-state index is 12.3. The minimum absolute atomic E-state index is 0.0904. The summed E-state index contributed by atoms with van der Waals surface area (Å²) in [6.07, 6.45) is 3.63. The van der Waals surface area contributed by atoms with Crippen molar-refractivity contribution in [2.24, 2.45) is 0 Å². The van der Waals surface area contributed by atoms with Gasteiger partial charge < -0.3 is 4.90 Å². The van der Waals surface area contributed by atoms with Crippen LogP contribution in [-0.2, 0) is 0 Å². The van der Waals surface area contributed by atoms with Crippen LogP contribution in [-0.4, -0.2) is 23.8 Å². The molecule has 2 aromatic rings. The van der Waals surface area contributed by atoms with Gasteiger partial charge in [0.15, 0.2) is 0 Å². The molecule has 0 spiro atoms. The van der Waals surface area contributed by atoms with E-state index in [1.165, 1.54) is 19.3 Å². The Morgan fingerprint density at radius 1 is 0.950 bits per heavy atom. The minimum atomic E-state index is -0.0904. The number of likely N-dealkylation sites (tertiary alicyclic amines) is 1. The van der Waals surface area contributed by atoms with Gasteiger partial charge in [0.2, 0.25) is 5.78 Å². The Morgan fingerprint density at radius 3 is 2.55 bits per heavy atom. The van der Waals surface area contributed by atoms with E-state index in [2.05, 4.69) is 16.9 Å². The number of fused-ring (bicyclic) bond motifs is 1. The lowest BCUT2D eigenvalue weighted by atomic mass is 10.0. The molecule has 0 aliphatic carbocycles. The zero-order valence-electron chi connectivity index (χ0n) is 11.4. The predicted molar refractivity (Wildman–Crippen MR) is 81.5 cm³/mol. The number of nitrogens with zero attached hydrogens (tertiary/aromatic N) is 1. The number of ketones is 1. The first-order valence-corrected chi connectivity index (χ1v) is 7.13. The summed E-state index contributed by atoms with van der Waals surface area (Å²) in [4.78, 5) is 14.4. The second-order valence-corrected chi connectivity index (χ2v) is 5.14. The maximum Gasteiger partial charge on any atom is 0.238 e. The van der Waals surface area contributed by atoms with Crippen LogP contribution >= 0.6 is 0 Å². The van der Waals surface area contributed by atoms with Crippen LogP contribution in [0.1, 0.15) is 29.6 Å². The molecule has 3 rings (SSSR count). The second-order valence-electron chi connectivity index (χ2n) is 5.14. The summed E-state index contributed by atoms with van der Waals surface area (Å²) in [6, 6.07) is 16.7. The van der Waals surface area contributed by atoms with E-state index in [1.807, 2.05) is 42.5 Å². The molecule has 0 bridgehead atoms. The van der Waals surface area contributed by atoms with E-state index in [4.69, 9.17) is 0 Å². The molecule has 2 nitrogen and oxygen atoms in total. The Balaban J connectivity index is 1.87. The van der Waals surface area contributed by atoms with Gasteiger partial charge in [0.25, 0.3) is 0 Å². The van der Waals surface area contributed by atoms with Gasteiger partial charge in [-0.2, -0.15) is 0 Å². The van der Waals surface area contributed by atoms with E-state index in [0.717, 1.165) is 23.9 Å². The summed E-state index contributed by atoms with van der Waals surface area (Å²) < 4.78 is 0. The molecule has 1 saturated heterocycles. The highest BCUT2D eigenvalue weighted by Gasteiger charge is 2.09. The van der Waals surface area contributed by atoms with Gasteiger partial charge in [0, 0.05) is 24.7 Å². The van der Waals surface area contributed by atoms with E-state index >= 15 is 0 Å². The van der Waals surface area contributed by atoms with Crippen molar-refractivity contribution >= 4 is 16.6 Å². The van der Waals surface area contributed by atoms with E-state index in [-0.39, 0.29) is 5.78 Å². The molecule has 0 amide bonds. The molecule has 1 aliphatic heterocycles. The van der Waals surface area contributed by atoms with Crippen LogP contribution in [0.3, 0.4) is 0 Å². The highest BCUT2D eigenvalue weighted by molar-refractivity contribution is 6.16. The van der Waals surface area contributed by atoms with E-state index in [0.29, 0.717) is 5.56 Å². The SMILES string of the molecule is O=C(C#CN1CCCCC1)c1cccc2ccccc12. The number of carbonyl (C=O) groups excluding carboxylic acids is 1. The molecule has 0 saturated carbocycles. The molecule has 20 heavy (non-hydrogen) atoms. The highest BCUT2D eigenvalue weighted by atomic mass is 16.1. The van der Waals surface area contributed by atoms with Gasteiger partial charge in [-0.3, -0.25) is 4.79 Å². The van der Waals surface area contributed by atoms with Crippen molar-refractivity contribution in [3.05, 3.63) is 48.0 Å². The van der Waals surface area contributed by atoms with Crippen molar-refractivity contribution in [2.45, 2.75) is 19.3 Å². The molecule has 2 heteroatoms. The average molecular weight is 263 g/mol. The van der Waals surface area contributed by atoms with Gasteiger partial charge >= 0.3 is 0 Å². The molecular formula is C18H17NO. The lowest BCUT2D eigenvalue weighted by Gasteiger charge is -2.21. The van der Waals surface area contributed by atoms with Crippen molar-refractivity contribution in [2.75, 3.05) is 13.1 Å². The van der Waals surface area contributed by atoms with Crippen LogP contribution in [0.15, 0.2) is 42.5 Å². The van der Waals surface area contributed by atoms with Crippen molar-refractivity contribution in [1.29, 1.82) is 0 Å². The van der Waals surface area contributed by atoms with E-state index in [1.54, 1.807) is 0 Å². The van der Waals surface area contributed by atoms with Crippen LogP contribution in [0.25, 0.3) is 10.8 Å². The predicted octanol–water partition coefficient (Wildman–Crippen LogP) is 3.47. The van der Waals surface area contributed by atoms with Crippen LogP contribution in [0, 0.1) is 12.0 Å². The van der Waals surface area contributed by atoms with Crippen molar-refractivity contribution in [1.82, 2.24) is 4.90 Å². The molecule has 100 valence electrons. The number of hydrogen-bond donors (Lipinski definition) is 0. The molecule has 0 radical (unpaired) electrons. The smallest absolute Gasteiger partial charge is 0.238 e. The fourth-order valence-corrected chi connectivity index (χ4v) is 2.63. The Labute approximate surface area is 119 Å². The molecule has 0 unspecified atom stereocenters. The van der Waals surface area contributed by atoms with Gasteiger partial charge in [0.05, 0.1) is 0 Å². The fourth-order valence-electron chi connectivity index (χ4n) is 2.63. The third-order valence-corrected chi connectivity index (χ3v) is 3.72. The van der Waals surface area contributed by atoms with Crippen molar-refractivity contribution in [3.8, 4) is 12.0 Å². The first-order chi connectivity index (χ1) is 9.84. The fraction of sp³-hybridized carbons (Fsp3) is 0.278. The number of rotatable bonds is 1. The van der Waals surface area contributed by atoms with Gasteiger partial charge in [-0.05, 0) is 42.0 Å². The molecule has 1 fully saturated rings. The Bertz CT molecular complexity index is 682. The molecular weight excluding hydrogens is 246 g/mol. The zero-order chi connectivity index (χ0) is 13.8. The largest absolute Gasteiger partial charge is 0.332 e. The summed E-state index contributed by atoms with van der Waals surface area (Å²) in [5, 5.41) is 2.06. The quantitative estimate of drug-likeness (QED) is 0.580. The van der Waals surface area contributed by atoms with Crippen molar-refractivity contribution in [3.63, 3.8) is 0 Å². The molecule has 0 aromatic heterocycles. The van der Waals surface area contributed by atoms with Crippen molar-refractivity contribution < 1.29 is 4.79 Å². The molecule has 1 heterocycles. The third-order valence-electron chi connectivity index (χ3n) is 3.72. The van der Waals surface area contributed by atoms with Crippen LogP contribution < -0.4 is 0 Å². The lowest BCUT2D eigenvalue weighted by Crippen LogP contribution is -2.25. The second kappa shape index (κ2) is 5.79. The zero-order valence-corrected chi connectivity index (χ0v) is 11.4. The van der Waals surface area contributed by atoms with Crippen LogP contribution in [0.4, 0.5) is 0 Å². The molecule has 0 N–H and O–H groups in total. The first kappa shape index (κ1) is 12.7. The van der Waals surface area contributed by atoms with Gasteiger partial charge in [0.1, 0.15) is 0 Å². The first-order valence-electron chi connectivity index (χ1n) is 7.13. The number of hydrogen-bond acceptors (Lipinski definition) is 2. The summed E-state index contributed by atoms with van der Waals surface area (Å²) in [7, 11) is 0. The monoisotopic (exact) mass is 263 g/mol. The topological polar surface area (TPSA) is 20.3 Å². The average Bonchev–Trinajstić information content (AvgIpc) is 2.53. The molecule has 1 aliphatic rings. The van der Waals surface area contributed by atoms with E-state index in [9.17, 15) is 4.79 Å². The van der Waals surface area contributed by atoms with Gasteiger partial charge in [-0.15, -0.1) is 0 Å². The number of benzene rings is 2. The number of Topliss-reactive ketones (excluding diaryl/α,β-unsaturated/α-hetero) is 1. The normalized spacial score (nSPS) is 14.7. The summed E-state index contributed by atoms with van der Waals surface area (Å²) in [6.45, 7) is 1.96. The number of piperidine rings is 1. The maximum absolute atomic E-state index is 12.3. The summed E-state index contributed by atoms with van der Waals surface area (Å²) in [5.74, 6) is 2.71. The summed E-state index contributed by atoms with van der Waals surface area (Å²) >= 11 is 0. The minimum Gasteiger partial charge on any atom is -0.332 e. The third kappa shape index (κ3) is 2.67. The Hall–Kier alpha value is -2.27. The molecule has 2 aromatic carbocycles. The van der Waals surface area contributed by atoms with Gasteiger partial charge in [-0.1, -0.05) is 36.4 Å². The Morgan fingerprint density at radius 2 is 1.70 bits per heavy atom. The standard InChI is InChI=1S/C18H17NO/c20-18(11-14-19-12-4-1-5-13-19)17-10-6-8-15-7-2-3-9-16(15)17/h2-3,6-10H,1,4-5,12-13H2. The Kier molecular flexibility index (Phi) is 3.69. The lowest BCUT2D eigenvalue weighted by molar-refractivity contribution is 0.105. The highest BCUT2D eigenvalue weighted by Crippen LogP contribution is 2.18. The summed E-state index contributed by atoms with van der Waals surface area (Å²) in [5.41, 5.74) is 0.701. The van der Waals surface area contributed by atoms with Crippen LogP contribution in [0.2, 0.25) is 0 Å². The molecule has 0 atom stereocenters. The van der Waals surface area contributed by atoms with E-state index < -0.39 is 0 Å².